The fourth-order valence-electron chi connectivity index (χ4n) is 12.3. The van der Waals surface area contributed by atoms with E-state index in [4.69, 9.17) is 28.4 Å². The maximum Gasteiger partial charge on any atom is 0.115 e. The van der Waals surface area contributed by atoms with Crippen LogP contribution in [0.2, 0.25) is 0 Å². The predicted octanol–water partition coefficient (Wildman–Crippen LogP) is 26.0. The number of thioether (sulfide) groups is 2. The number of benzene rings is 9. The van der Waals surface area contributed by atoms with Gasteiger partial charge in [-0.15, -0.1) is 23.5 Å². The topological polar surface area (TPSA) is 55.4 Å². The summed E-state index contributed by atoms with van der Waals surface area (Å²) in [6.45, 7) is 48.4. The van der Waals surface area contributed by atoms with Gasteiger partial charge in [0.1, 0.15) is 24.4 Å². The Bertz CT molecular complexity index is 3710. The van der Waals surface area contributed by atoms with Crippen molar-refractivity contribution in [3.8, 4) is 11.1 Å². The van der Waals surface area contributed by atoms with Crippen molar-refractivity contribution in [3.63, 3.8) is 0 Å². The third kappa shape index (κ3) is 32.6. The minimum absolute atomic E-state index is 0.0694. The molecular weight excluding hydrogens is 1330 g/mol. The van der Waals surface area contributed by atoms with Crippen LogP contribution in [0.5, 0.6) is 0 Å². The second-order valence-corrected chi connectivity index (χ2v) is 32.3. The van der Waals surface area contributed by atoms with Crippen LogP contribution in [0.15, 0.2) is 192 Å². The molecule has 0 aromatic heterocycles. The molecule has 4 fully saturated rings. The van der Waals surface area contributed by atoms with Gasteiger partial charge in [0.15, 0.2) is 0 Å². The zero-order valence-corrected chi connectivity index (χ0v) is 70.6. The normalized spacial score (nSPS) is 18.8. The Balaban J connectivity index is 0.000000214. The molecule has 105 heavy (non-hydrogen) atoms. The van der Waals surface area contributed by atoms with E-state index in [1.165, 1.54) is 177 Å². The van der Waals surface area contributed by atoms with Gasteiger partial charge >= 0.3 is 0 Å². The molecule has 4 aliphatic heterocycles. The van der Waals surface area contributed by atoms with Crippen molar-refractivity contribution in [2.24, 2.45) is 17.8 Å². The maximum atomic E-state index is 5.58. The molecule has 0 radical (unpaired) electrons. The molecule has 9 aromatic rings. The van der Waals surface area contributed by atoms with E-state index in [2.05, 4.69) is 327 Å². The van der Waals surface area contributed by atoms with Gasteiger partial charge in [0.05, 0.1) is 38.6 Å². The highest BCUT2D eigenvalue weighted by Crippen LogP contribution is 2.34. The highest BCUT2D eigenvalue weighted by molar-refractivity contribution is 7.99. The molecule has 4 saturated heterocycles. The standard InChI is InChI=1S/C16H26S.C14H14.C13H20S.C12H12.2C9H12.C8H14O4.C8H14O2.C8H10/c1-4-5-6-7-8-9-12-17-16-13-14(2)10-11-15(16)3;1-11-3-7-13(8-4-11)14-9-5-12(2)6-10-14;1-5-10(2)9-14-13-8-11(3)6-7-12(13)4;1-9-3-5-12-8-10(2)4-6-11(12)7-9;2*1-7-4-5-8(2)9(3)6-7;1-9-5-3-11-8-6(10-2)4-12-7(5)8;1-5-3-9-8-6(2)4-10-7(5)8;1-7-3-5-8(2)6-4-7/h10-11,13H,4-9,12H2,1-3H3;3-10H,1-2H3;6-8,10H,5,9H2,1-4H3;3-8H,1-2H3;2*4-6H,1-3H3;5-8H,3-4H2,1-2H3;5-8H,3-4H2,1-2H3;3-6H,1-2H3/t;;;;;;5-,6-,7-,8-;5-,6+,7?,8?;/m......1../s1. The fraction of sp³-hybridized carbons (Fsp3) is 0.464. The first-order valence-corrected chi connectivity index (χ1v) is 40.8. The number of ether oxygens (including phenoxy) is 6. The Kier molecular flexibility index (Phi) is 41.0. The summed E-state index contributed by atoms with van der Waals surface area (Å²) < 4.78 is 32.6. The monoisotopic (exact) mass is 1460 g/mol. The molecule has 6 nitrogen and oxygen atoms in total. The zero-order chi connectivity index (χ0) is 77.0. The van der Waals surface area contributed by atoms with Gasteiger partial charge in [-0.3, -0.25) is 0 Å². The van der Waals surface area contributed by atoms with Gasteiger partial charge in [0, 0.05) is 41.6 Å². The minimum Gasteiger partial charge on any atom is -0.376 e. The molecular formula is C97H134O6S2. The molecule has 0 saturated carbocycles. The molecule has 4 aliphatic rings. The molecule has 0 amide bonds. The molecule has 9 atom stereocenters. The predicted molar refractivity (Wildman–Crippen MR) is 457 cm³/mol. The summed E-state index contributed by atoms with van der Waals surface area (Å²) in [6.07, 6.45) is 10.7. The van der Waals surface area contributed by atoms with Crippen LogP contribution in [-0.2, 0) is 28.4 Å². The Hall–Kier alpha value is -6.30. The summed E-state index contributed by atoms with van der Waals surface area (Å²) in [6, 6.07) is 65.3. The van der Waals surface area contributed by atoms with Crippen LogP contribution in [0.4, 0.5) is 0 Å². The van der Waals surface area contributed by atoms with Crippen molar-refractivity contribution < 1.29 is 28.4 Å². The largest absolute Gasteiger partial charge is 0.376 e. The maximum absolute atomic E-state index is 5.58. The smallest absolute Gasteiger partial charge is 0.115 e. The molecule has 0 aliphatic carbocycles. The second kappa shape index (κ2) is 48.2. The number of unbranched alkanes of at least 4 members (excludes halogenated alkanes) is 5. The van der Waals surface area contributed by atoms with Crippen LogP contribution in [-0.4, -0.2) is 88.8 Å². The average molecular weight is 1460 g/mol. The second-order valence-electron chi connectivity index (χ2n) is 30.1. The first-order chi connectivity index (χ1) is 50.2. The number of rotatable bonds is 15. The Labute approximate surface area is 647 Å². The van der Waals surface area contributed by atoms with E-state index in [-0.39, 0.29) is 24.4 Å². The molecule has 570 valence electrons. The van der Waals surface area contributed by atoms with Gasteiger partial charge in [-0.2, -0.15) is 0 Å². The zero-order valence-electron chi connectivity index (χ0n) is 69.0. The molecule has 0 N–H and O–H groups in total. The van der Waals surface area contributed by atoms with E-state index in [0.29, 0.717) is 37.3 Å². The van der Waals surface area contributed by atoms with Crippen LogP contribution in [0.25, 0.3) is 21.9 Å². The van der Waals surface area contributed by atoms with Gasteiger partial charge in [-0.1, -0.05) is 299 Å². The van der Waals surface area contributed by atoms with Gasteiger partial charge in [0.2, 0.25) is 0 Å². The number of hydrogen-bond acceptors (Lipinski definition) is 8. The first-order valence-electron chi connectivity index (χ1n) is 38.9. The fourth-order valence-corrected chi connectivity index (χ4v) is 14.6. The third-order valence-corrected chi connectivity index (χ3v) is 22.6. The first kappa shape index (κ1) is 89.3. The molecule has 4 heterocycles. The third-order valence-electron chi connectivity index (χ3n) is 19.9. The SMILES string of the molecule is CCC(C)CSc1cc(C)ccc1C.CCCCCCCCSc1cc(C)ccc1C.CO[C@@H]1CO[C@H]2[C@@H]1OC[C@H]2OC.C[C@@H]1COC2C1OC[C@@H]2C.Cc1ccc(-c2ccc(C)cc2)cc1.Cc1ccc(C)c(C)c1.Cc1ccc(C)c(C)c1.Cc1ccc(C)cc1.Cc1ccc2cc(C)ccc2c1. The van der Waals surface area contributed by atoms with E-state index in [9.17, 15) is 0 Å². The Morgan fingerprint density at radius 3 is 1.01 bits per heavy atom. The average Bonchev–Trinajstić information content (AvgIpc) is 1.69. The van der Waals surface area contributed by atoms with Crippen molar-refractivity contribution >= 4 is 34.3 Å². The number of methoxy groups -OCH3 is 2. The van der Waals surface area contributed by atoms with E-state index in [1.807, 2.05) is 23.5 Å². The summed E-state index contributed by atoms with van der Waals surface area (Å²) in [5, 5.41) is 2.67. The molecule has 3 unspecified atom stereocenters. The van der Waals surface area contributed by atoms with Crippen molar-refractivity contribution in [2.75, 3.05) is 52.2 Å². The summed E-state index contributed by atoms with van der Waals surface area (Å²) in [7, 11) is 3.36. The van der Waals surface area contributed by atoms with Crippen LogP contribution in [0, 0.1) is 129 Å². The van der Waals surface area contributed by atoms with Gasteiger partial charge in [0.25, 0.3) is 0 Å². The lowest BCUT2D eigenvalue weighted by molar-refractivity contribution is -0.0267. The number of fused-ring (bicyclic) bond motifs is 3. The molecule has 9 aromatic carbocycles. The van der Waals surface area contributed by atoms with Crippen LogP contribution >= 0.6 is 23.5 Å². The lowest BCUT2D eigenvalue weighted by Crippen LogP contribution is -2.32. The summed E-state index contributed by atoms with van der Waals surface area (Å²) >= 11 is 4.02. The summed E-state index contributed by atoms with van der Waals surface area (Å²) in [5.74, 6) is 4.54. The van der Waals surface area contributed by atoms with Crippen molar-refractivity contribution in [1.82, 2.24) is 0 Å². The number of hydrogen-bond donors (Lipinski definition) is 0. The van der Waals surface area contributed by atoms with Gasteiger partial charge in [-0.05, 0) is 196 Å². The molecule has 8 heteroatoms. The Morgan fingerprint density at radius 2 is 0.648 bits per heavy atom. The minimum atomic E-state index is 0.0694. The number of aryl methyl sites for hydroxylation is 16. The van der Waals surface area contributed by atoms with E-state index in [1.54, 1.807) is 14.2 Å². The molecule has 13 rings (SSSR count). The highest BCUT2D eigenvalue weighted by Gasteiger charge is 2.48. The lowest BCUT2D eigenvalue weighted by atomic mass is 9.99. The Morgan fingerprint density at radius 1 is 0.333 bits per heavy atom. The van der Waals surface area contributed by atoms with E-state index < -0.39 is 0 Å². The summed E-state index contributed by atoms with van der Waals surface area (Å²) in [4.78, 5) is 2.92. The van der Waals surface area contributed by atoms with Crippen LogP contribution < -0.4 is 0 Å². The lowest BCUT2D eigenvalue weighted by Gasteiger charge is -2.14. The van der Waals surface area contributed by atoms with E-state index >= 15 is 0 Å². The molecule has 0 spiro atoms. The van der Waals surface area contributed by atoms with Crippen molar-refractivity contribution in [1.29, 1.82) is 0 Å². The van der Waals surface area contributed by atoms with Crippen molar-refractivity contribution in [3.05, 3.63) is 271 Å². The molecule has 0 bridgehead atoms. The summed E-state index contributed by atoms with van der Waals surface area (Å²) in [5.41, 5.74) is 24.3. The van der Waals surface area contributed by atoms with Gasteiger partial charge in [-0.25, -0.2) is 0 Å². The van der Waals surface area contributed by atoms with Gasteiger partial charge < -0.3 is 28.4 Å². The van der Waals surface area contributed by atoms with E-state index in [0.717, 1.165) is 19.1 Å². The quantitative estimate of drug-likeness (QED) is 0.0743. The highest BCUT2D eigenvalue weighted by atomic mass is 32.2. The van der Waals surface area contributed by atoms with Crippen molar-refractivity contribution in [2.45, 2.75) is 237 Å². The van der Waals surface area contributed by atoms with Crippen LogP contribution in [0.1, 0.15) is 169 Å². The van der Waals surface area contributed by atoms with Crippen LogP contribution in [0.3, 0.4) is 0 Å².